The summed E-state index contributed by atoms with van der Waals surface area (Å²) < 4.78 is 5.64. The minimum atomic E-state index is 0.0931. The fraction of sp³-hybridized carbons (Fsp3) is 0.533. The zero-order valence-corrected chi connectivity index (χ0v) is 13.1. The summed E-state index contributed by atoms with van der Waals surface area (Å²) in [6.45, 7) is 9.08. The first-order valence-electron chi connectivity index (χ1n) is 7.01. The topological polar surface area (TPSA) is 41.3 Å². The van der Waals surface area contributed by atoms with E-state index in [1.165, 1.54) is 10.4 Å². The van der Waals surface area contributed by atoms with Crippen LogP contribution in [0.25, 0.3) is 0 Å². The maximum Gasteiger partial charge on any atom is 0.297 e. The number of fused-ring (bicyclic) bond motifs is 1. The summed E-state index contributed by atoms with van der Waals surface area (Å²) in [4.78, 5) is 8.31. The molecule has 0 aromatic carbocycles. The van der Waals surface area contributed by atoms with E-state index in [-0.39, 0.29) is 5.54 Å². The molecule has 3 rings (SSSR count). The number of hydrogen-bond acceptors (Lipinski definition) is 5. The highest BCUT2D eigenvalue weighted by atomic mass is 32.1. The second kappa shape index (κ2) is 5.22. The lowest BCUT2D eigenvalue weighted by Gasteiger charge is -2.25. The molecule has 0 aliphatic carbocycles. The Bertz CT molecular complexity index is 582. The van der Waals surface area contributed by atoms with Gasteiger partial charge in [0.05, 0.1) is 5.69 Å². The van der Waals surface area contributed by atoms with Crippen molar-refractivity contribution in [1.82, 2.24) is 10.3 Å². The van der Waals surface area contributed by atoms with Crippen LogP contribution in [0.2, 0.25) is 0 Å². The van der Waals surface area contributed by atoms with E-state index in [4.69, 9.17) is 4.42 Å². The Kier molecular flexibility index (Phi) is 3.56. The summed E-state index contributed by atoms with van der Waals surface area (Å²) in [5.74, 6) is 0. The Morgan fingerprint density at radius 1 is 1.45 bits per heavy atom. The van der Waals surface area contributed by atoms with Crippen LogP contribution in [0.5, 0.6) is 0 Å². The molecule has 0 saturated carbocycles. The van der Waals surface area contributed by atoms with E-state index >= 15 is 0 Å². The summed E-state index contributed by atoms with van der Waals surface area (Å²) in [5.41, 5.74) is 2.47. The third-order valence-corrected chi connectivity index (χ3v) is 4.44. The average Bonchev–Trinajstić information content (AvgIpc) is 3.03. The van der Waals surface area contributed by atoms with E-state index in [1.807, 2.05) is 11.3 Å². The molecule has 4 nitrogen and oxygen atoms in total. The normalized spacial score (nSPS) is 15.4. The van der Waals surface area contributed by atoms with Gasteiger partial charge in [0.15, 0.2) is 0 Å². The van der Waals surface area contributed by atoms with Gasteiger partial charge < -0.3 is 14.6 Å². The Balaban J connectivity index is 1.66. The van der Waals surface area contributed by atoms with E-state index in [9.17, 15) is 0 Å². The van der Waals surface area contributed by atoms with Gasteiger partial charge in [0.25, 0.3) is 6.01 Å². The number of nitrogens with zero attached hydrogens (tertiary/aromatic N) is 2. The Morgan fingerprint density at radius 2 is 2.30 bits per heavy atom. The molecule has 3 heterocycles. The first-order chi connectivity index (χ1) is 9.51. The van der Waals surface area contributed by atoms with Crippen molar-refractivity contribution in [2.45, 2.75) is 45.8 Å². The van der Waals surface area contributed by atoms with Crippen LogP contribution in [0.15, 0.2) is 22.1 Å². The van der Waals surface area contributed by atoms with Crippen molar-refractivity contribution < 1.29 is 4.42 Å². The van der Waals surface area contributed by atoms with E-state index in [0.29, 0.717) is 0 Å². The zero-order chi connectivity index (χ0) is 14.2. The Labute approximate surface area is 123 Å². The molecule has 0 radical (unpaired) electrons. The number of nitrogens with one attached hydrogen (secondary N) is 1. The third kappa shape index (κ3) is 3.04. The second-order valence-electron chi connectivity index (χ2n) is 6.27. The Hall–Kier alpha value is -1.33. The molecule has 0 amide bonds. The molecule has 20 heavy (non-hydrogen) atoms. The number of oxazole rings is 1. The van der Waals surface area contributed by atoms with Gasteiger partial charge >= 0.3 is 0 Å². The number of thiophene rings is 1. The number of anilines is 1. The van der Waals surface area contributed by atoms with Crippen LogP contribution in [0.1, 0.15) is 36.9 Å². The van der Waals surface area contributed by atoms with E-state index < -0.39 is 0 Å². The molecule has 1 aliphatic heterocycles. The van der Waals surface area contributed by atoms with Crippen molar-refractivity contribution in [1.29, 1.82) is 0 Å². The molecule has 108 valence electrons. The minimum absolute atomic E-state index is 0.0931. The number of hydrogen-bond donors (Lipinski definition) is 1. The fourth-order valence-electron chi connectivity index (χ4n) is 2.29. The predicted octanol–water partition coefficient (Wildman–Crippen LogP) is 3.19. The minimum Gasteiger partial charge on any atom is -0.432 e. The highest BCUT2D eigenvalue weighted by Gasteiger charge is 2.21. The summed E-state index contributed by atoms with van der Waals surface area (Å²) in [6, 6.07) is 2.95. The van der Waals surface area contributed by atoms with Crippen LogP contribution in [-0.4, -0.2) is 17.1 Å². The predicted molar refractivity (Wildman–Crippen MR) is 82.2 cm³/mol. The van der Waals surface area contributed by atoms with Crippen molar-refractivity contribution in [3.05, 3.63) is 33.8 Å². The molecule has 0 spiro atoms. The highest BCUT2D eigenvalue weighted by molar-refractivity contribution is 7.10. The lowest BCUT2D eigenvalue weighted by Crippen LogP contribution is -2.35. The molecule has 0 saturated heterocycles. The van der Waals surface area contributed by atoms with Crippen LogP contribution < -0.4 is 10.2 Å². The van der Waals surface area contributed by atoms with Gasteiger partial charge in [-0.25, -0.2) is 0 Å². The van der Waals surface area contributed by atoms with Crippen LogP contribution in [-0.2, 0) is 19.5 Å². The summed E-state index contributed by atoms with van der Waals surface area (Å²) in [5, 5.41) is 5.60. The molecule has 2 aromatic heterocycles. The molecule has 1 aliphatic rings. The monoisotopic (exact) mass is 291 g/mol. The van der Waals surface area contributed by atoms with Gasteiger partial charge in [-0.3, -0.25) is 0 Å². The number of aromatic nitrogens is 1. The molecule has 5 heteroatoms. The molecule has 0 fully saturated rings. The van der Waals surface area contributed by atoms with E-state index in [0.717, 1.165) is 37.8 Å². The summed E-state index contributed by atoms with van der Waals surface area (Å²) in [6.07, 6.45) is 2.85. The molecule has 0 bridgehead atoms. The highest BCUT2D eigenvalue weighted by Crippen LogP contribution is 2.27. The SMILES string of the molecule is CC(C)(C)NCc1coc(N2CCc3sccc3C2)n1. The number of rotatable bonds is 3. The fourth-order valence-corrected chi connectivity index (χ4v) is 3.18. The lowest BCUT2D eigenvalue weighted by atomic mass is 10.1. The van der Waals surface area contributed by atoms with Crippen LogP contribution >= 0.6 is 11.3 Å². The molecular weight excluding hydrogens is 270 g/mol. The van der Waals surface area contributed by atoms with Gasteiger partial charge in [0, 0.05) is 30.1 Å². The summed E-state index contributed by atoms with van der Waals surface area (Å²) >= 11 is 1.85. The van der Waals surface area contributed by atoms with Gasteiger partial charge in [-0.1, -0.05) is 0 Å². The zero-order valence-electron chi connectivity index (χ0n) is 12.3. The maximum absolute atomic E-state index is 5.64. The van der Waals surface area contributed by atoms with Crippen LogP contribution in [0, 0.1) is 0 Å². The van der Waals surface area contributed by atoms with Gasteiger partial charge in [-0.2, -0.15) is 4.98 Å². The van der Waals surface area contributed by atoms with Gasteiger partial charge in [-0.05, 0) is 44.2 Å². The van der Waals surface area contributed by atoms with Crippen molar-refractivity contribution >= 4 is 17.4 Å². The molecular formula is C15H21N3OS. The maximum atomic E-state index is 5.64. The largest absolute Gasteiger partial charge is 0.432 e. The lowest BCUT2D eigenvalue weighted by molar-refractivity contribution is 0.421. The van der Waals surface area contributed by atoms with Crippen LogP contribution in [0.4, 0.5) is 6.01 Å². The van der Waals surface area contributed by atoms with Gasteiger partial charge in [-0.15, -0.1) is 11.3 Å². The summed E-state index contributed by atoms with van der Waals surface area (Å²) in [7, 11) is 0. The van der Waals surface area contributed by atoms with Gasteiger partial charge in [0.2, 0.25) is 0 Å². The average molecular weight is 291 g/mol. The quantitative estimate of drug-likeness (QED) is 0.943. The third-order valence-electron chi connectivity index (χ3n) is 3.42. The molecule has 0 atom stereocenters. The second-order valence-corrected chi connectivity index (χ2v) is 7.27. The molecule has 0 unspecified atom stereocenters. The first-order valence-corrected chi connectivity index (χ1v) is 7.89. The first kappa shape index (κ1) is 13.6. The van der Waals surface area contributed by atoms with Crippen molar-refractivity contribution in [3.63, 3.8) is 0 Å². The molecule has 1 N–H and O–H groups in total. The standard InChI is InChI=1S/C15H21N3OS/c1-15(2,3)16-8-12-10-19-14(17-12)18-6-4-13-11(9-18)5-7-20-13/h5,7,10,16H,4,6,8-9H2,1-3H3. The van der Waals surface area contributed by atoms with Crippen molar-refractivity contribution in [2.24, 2.45) is 0 Å². The molecule has 2 aromatic rings. The van der Waals surface area contributed by atoms with Crippen LogP contribution in [0.3, 0.4) is 0 Å². The van der Waals surface area contributed by atoms with Crippen molar-refractivity contribution in [3.8, 4) is 0 Å². The smallest absolute Gasteiger partial charge is 0.297 e. The van der Waals surface area contributed by atoms with Gasteiger partial charge in [0.1, 0.15) is 6.26 Å². The van der Waals surface area contributed by atoms with E-state index in [2.05, 4.69) is 47.4 Å². The van der Waals surface area contributed by atoms with E-state index in [1.54, 1.807) is 6.26 Å². The Morgan fingerprint density at radius 3 is 3.10 bits per heavy atom. The van der Waals surface area contributed by atoms with Crippen molar-refractivity contribution in [2.75, 3.05) is 11.4 Å².